The summed E-state index contributed by atoms with van der Waals surface area (Å²) < 4.78 is 10.8. The van der Waals surface area contributed by atoms with Gasteiger partial charge >= 0.3 is 0 Å². The lowest BCUT2D eigenvalue weighted by molar-refractivity contribution is -0.120. The molecule has 32 heavy (non-hydrogen) atoms. The first kappa shape index (κ1) is 21.5. The van der Waals surface area contributed by atoms with Crippen molar-refractivity contribution in [3.8, 4) is 5.75 Å². The Morgan fingerprint density at radius 2 is 1.78 bits per heavy atom. The topological polar surface area (TPSA) is 88.8 Å². The van der Waals surface area contributed by atoms with E-state index in [2.05, 4.69) is 5.32 Å². The van der Waals surface area contributed by atoms with E-state index >= 15 is 0 Å². The predicted octanol–water partition coefficient (Wildman–Crippen LogP) is 4.46. The van der Waals surface area contributed by atoms with E-state index in [0.29, 0.717) is 44.7 Å². The minimum Gasteiger partial charge on any atom is -0.495 e. The highest BCUT2D eigenvalue weighted by Gasteiger charge is 2.41. The van der Waals surface area contributed by atoms with E-state index in [1.165, 1.54) is 25.8 Å². The van der Waals surface area contributed by atoms with Crippen molar-refractivity contribution in [2.75, 3.05) is 17.3 Å². The number of carbonyl (C=O) groups is 3. The van der Waals surface area contributed by atoms with Gasteiger partial charge in [0.15, 0.2) is 0 Å². The number of rotatable bonds is 7. The normalized spacial score (nSPS) is 13.6. The van der Waals surface area contributed by atoms with Crippen LogP contribution in [0, 0.1) is 0 Å². The molecule has 0 bridgehead atoms. The van der Waals surface area contributed by atoms with Gasteiger partial charge in [0.2, 0.25) is 5.91 Å². The summed E-state index contributed by atoms with van der Waals surface area (Å²) in [4.78, 5) is 39.7. The summed E-state index contributed by atoms with van der Waals surface area (Å²) in [6.45, 7) is 1.42. The molecule has 0 atom stereocenters. The largest absolute Gasteiger partial charge is 0.495 e. The number of carbonyl (C=O) groups excluding carboxylic acids is 3. The smallest absolute Gasteiger partial charge is 0.272 e. The third-order valence-corrected chi connectivity index (χ3v) is 5.90. The Kier molecular flexibility index (Phi) is 6.13. The zero-order valence-electron chi connectivity index (χ0n) is 17.5. The minimum atomic E-state index is -0.436. The second-order valence-corrected chi connectivity index (χ2v) is 7.93. The van der Waals surface area contributed by atoms with Crippen LogP contribution in [0.4, 0.5) is 11.4 Å². The lowest BCUT2D eigenvalue weighted by atomic mass is 10.1. The first-order chi connectivity index (χ1) is 15.5. The Morgan fingerprint density at radius 3 is 2.44 bits per heavy atom. The fourth-order valence-electron chi connectivity index (χ4n) is 3.39. The molecule has 162 valence electrons. The molecule has 2 aromatic carbocycles. The molecule has 3 aromatic rings. The molecule has 0 saturated carbocycles. The van der Waals surface area contributed by atoms with Crippen LogP contribution in [0.2, 0.25) is 0 Å². The van der Waals surface area contributed by atoms with Crippen LogP contribution in [-0.4, -0.2) is 24.8 Å². The predicted molar refractivity (Wildman–Crippen MR) is 123 cm³/mol. The lowest BCUT2D eigenvalue weighted by Gasteiger charge is -2.18. The first-order valence-corrected chi connectivity index (χ1v) is 10.8. The monoisotopic (exact) mass is 448 g/mol. The van der Waals surface area contributed by atoms with Crippen LogP contribution >= 0.6 is 11.8 Å². The Labute approximate surface area is 189 Å². The molecule has 1 aliphatic rings. The maximum atomic E-state index is 13.5. The number of nitrogens with one attached hydrogen (secondary N) is 1. The molecule has 2 heterocycles. The van der Waals surface area contributed by atoms with Gasteiger partial charge in [-0.3, -0.25) is 14.4 Å². The molecule has 0 unspecified atom stereocenters. The summed E-state index contributed by atoms with van der Waals surface area (Å²) in [6, 6.07) is 17.3. The molecule has 0 fully saturated rings. The molecule has 3 amide bonds. The third kappa shape index (κ3) is 4.17. The van der Waals surface area contributed by atoms with Gasteiger partial charge in [0.05, 0.1) is 35.3 Å². The average Bonchev–Trinajstić information content (AvgIpc) is 3.38. The number of thioether (sulfide) groups is 1. The van der Waals surface area contributed by atoms with E-state index < -0.39 is 11.8 Å². The van der Waals surface area contributed by atoms with E-state index in [-0.39, 0.29) is 5.91 Å². The summed E-state index contributed by atoms with van der Waals surface area (Å²) in [5.74, 6) is 0.465. The van der Waals surface area contributed by atoms with E-state index in [1.807, 2.05) is 6.07 Å². The molecule has 4 rings (SSSR count). The summed E-state index contributed by atoms with van der Waals surface area (Å²) in [5.41, 5.74) is 1.86. The van der Waals surface area contributed by atoms with Crippen LogP contribution in [0.3, 0.4) is 0 Å². The zero-order valence-corrected chi connectivity index (χ0v) is 18.3. The van der Waals surface area contributed by atoms with Crippen molar-refractivity contribution < 1.29 is 23.5 Å². The lowest BCUT2D eigenvalue weighted by Crippen LogP contribution is -2.31. The third-order valence-electron chi connectivity index (χ3n) is 4.80. The van der Waals surface area contributed by atoms with Crippen molar-refractivity contribution >= 4 is 46.4 Å². The Morgan fingerprint density at radius 1 is 1.03 bits per heavy atom. The van der Waals surface area contributed by atoms with Crippen LogP contribution in [0.25, 0.3) is 5.57 Å². The summed E-state index contributed by atoms with van der Waals surface area (Å²) in [5, 5.41) is 2.70. The summed E-state index contributed by atoms with van der Waals surface area (Å²) >= 11 is 1.25. The Hall–Kier alpha value is -3.78. The van der Waals surface area contributed by atoms with Gasteiger partial charge in [0.25, 0.3) is 11.8 Å². The van der Waals surface area contributed by atoms with Crippen molar-refractivity contribution in [3.05, 3.63) is 83.2 Å². The van der Waals surface area contributed by atoms with Crippen molar-refractivity contribution in [3.63, 3.8) is 0 Å². The van der Waals surface area contributed by atoms with E-state index in [0.717, 1.165) is 4.90 Å². The maximum absolute atomic E-state index is 13.5. The van der Waals surface area contributed by atoms with Gasteiger partial charge in [0.1, 0.15) is 11.5 Å². The van der Waals surface area contributed by atoms with Crippen molar-refractivity contribution in [2.24, 2.45) is 0 Å². The Bertz CT molecular complexity index is 1200. The van der Waals surface area contributed by atoms with E-state index in [1.54, 1.807) is 60.9 Å². The standard InChI is InChI=1S/C24H20N2O5S/c1-15(27)25-17-11-9-16(10-12-17)21-22(32-14-18-6-5-13-31-18)24(29)26(23(21)28)19-7-3-4-8-20(19)30-2/h3-13H,14H2,1-2H3,(H,25,27). The number of imide groups is 1. The second kappa shape index (κ2) is 9.15. The number of hydrogen-bond acceptors (Lipinski definition) is 6. The summed E-state index contributed by atoms with van der Waals surface area (Å²) in [6.07, 6.45) is 1.56. The molecule has 8 heteroatoms. The van der Waals surface area contributed by atoms with Crippen LogP contribution in [0.15, 0.2) is 76.2 Å². The second-order valence-electron chi connectivity index (χ2n) is 6.95. The van der Waals surface area contributed by atoms with Crippen molar-refractivity contribution in [1.82, 2.24) is 0 Å². The zero-order chi connectivity index (χ0) is 22.7. The molecule has 0 radical (unpaired) electrons. The van der Waals surface area contributed by atoms with Crippen molar-refractivity contribution in [1.29, 1.82) is 0 Å². The number of hydrogen-bond donors (Lipinski definition) is 1. The highest BCUT2D eigenvalue weighted by atomic mass is 32.2. The van der Waals surface area contributed by atoms with E-state index in [4.69, 9.17) is 9.15 Å². The fourth-order valence-corrected chi connectivity index (χ4v) is 4.41. The molecule has 1 aromatic heterocycles. The van der Waals surface area contributed by atoms with Crippen LogP contribution < -0.4 is 15.0 Å². The molecule has 7 nitrogen and oxygen atoms in total. The number of amides is 3. The number of furan rings is 1. The van der Waals surface area contributed by atoms with Gasteiger partial charge in [-0.05, 0) is 42.0 Å². The number of nitrogens with zero attached hydrogens (tertiary/aromatic N) is 1. The highest BCUT2D eigenvalue weighted by molar-refractivity contribution is 8.03. The fraction of sp³-hybridized carbons (Fsp3) is 0.125. The molecule has 0 aliphatic carbocycles. The van der Waals surface area contributed by atoms with Gasteiger partial charge in [-0.25, -0.2) is 4.90 Å². The number of para-hydroxylation sites is 2. The molecule has 0 spiro atoms. The van der Waals surface area contributed by atoms with Gasteiger partial charge in [-0.1, -0.05) is 24.3 Å². The Balaban J connectivity index is 1.74. The number of ether oxygens (including phenoxy) is 1. The van der Waals surface area contributed by atoms with Gasteiger partial charge in [0, 0.05) is 12.6 Å². The summed E-state index contributed by atoms with van der Waals surface area (Å²) in [7, 11) is 1.49. The van der Waals surface area contributed by atoms with Crippen LogP contribution in [0.1, 0.15) is 18.2 Å². The van der Waals surface area contributed by atoms with Gasteiger partial charge in [-0.15, -0.1) is 11.8 Å². The quantitative estimate of drug-likeness (QED) is 0.537. The number of methoxy groups -OCH3 is 1. The van der Waals surface area contributed by atoms with E-state index in [9.17, 15) is 14.4 Å². The number of benzene rings is 2. The van der Waals surface area contributed by atoms with Gasteiger partial charge in [-0.2, -0.15) is 0 Å². The molecular formula is C24H20N2O5S. The van der Waals surface area contributed by atoms with Crippen molar-refractivity contribution in [2.45, 2.75) is 12.7 Å². The minimum absolute atomic E-state index is 0.193. The van der Waals surface area contributed by atoms with Crippen LogP contribution in [0.5, 0.6) is 5.75 Å². The number of anilines is 2. The average molecular weight is 449 g/mol. The molecule has 1 aliphatic heterocycles. The molecular weight excluding hydrogens is 428 g/mol. The molecule has 0 saturated heterocycles. The molecule has 1 N–H and O–H groups in total. The first-order valence-electron chi connectivity index (χ1n) is 9.79. The SMILES string of the molecule is COc1ccccc1N1C(=O)C(SCc2ccco2)=C(c2ccc(NC(C)=O)cc2)C1=O. The van der Waals surface area contributed by atoms with Crippen LogP contribution in [-0.2, 0) is 20.1 Å². The van der Waals surface area contributed by atoms with Gasteiger partial charge < -0.3 is 14.5 Å². The highest BCUT2D eigenvalue weighted by Crippen LogP contribution is 2.42. The maximum Gasteiger partial charge on any atom is 0.272 e.